The zero-order chi connectivity index (χ0) is 21.8. The van der Waals surface area contributed by atoms with Gasteiger partial charge in [-0.2, -0.15) is 0 Å². The number of hydrogen-bond acceptors (Lipinski definition) is 7. The van der Waals surface area contributed by atoms with Gasteiger partial charge in [-0.15, -0.1) is 0 Å². The van der Waals surface area contributed by atoms with Gasteiger partial charge in [0.15, 0.2) is 11.5 Å². The normalized spacial score (nSPS) is 9.72. The summed E-state index contributed by atoms with van der Waals surface area (Å²) in [5.41, 5.74) is 1.82. The van der Waals surface area contributed by atoms with Crippen LogP contribution in [-0.2, 0) is 22.6 Å². The molecule has 0 unspecified atom stereocenters. The van der Waals surface area contributed by atoms with Crippen molar-refractivity contribution in [3.63, 3.8) is 0 Å². The second-order valence-electron chi connectivity index (χ2n) is 5.62. The van der Waals surface area contributed by atoms with Gasteiger partial charge in [0.1, 0.15) is 0 Å². The van der Waals surface area contributed by atoms with Crippen molar-refractivity contribution in [1.82, 2.24) is 5.32 Å². The lowest BCUT2D eigenvalue weighted by atomic mass is 10.1. The number of nitro groups is 1. The second kappa shape index (κ2) is 11.9. The molecule has 0 heterocycles. The van der Waals surface area contributed by atoms with Gasteiger partial charge in [0.2, 0.25) is 0 Å². The van der Waals surface area contributed by atoms with Crippen LogP contribution in [0.1, 0.15) is 11.1 Å². The molecule has 0 atom stereocenters. The molecule has 0 saturated heterocycles. The third-order valence-corrected chi connectivity index (χ3v) is 3.71. The van der Waals surface area contributed by atoms with Gasteiger partial charge in [-0.3, -0.25) is 10.1 Å². The Morgan fingerprint density at radius 3 is 2.07 bits per heavy atom. The average molecular weight is 406 g/mol. The summed E-state index contributed by atoms with van der Waals surface area (Å²) in [4.78, 5) is 29.0. The molecule has 0 bridgehead atoms. The van der Waals surface area contributed by atoms with Gasteiger partial charge in [0.25, 0.3) is 5.69 Å². The first-order valence-corrected chi connectivity index (χ1v) is 8.40. The number of aliphatic carboxylic acids is 2. The van der Waals surface area contributed by atoms with Crippen molar-refractivity contribution in [2.75, 3.05) is 20.8 Å². The minimum Gasteiger partial charge on any atom is -0.493 e. The van der Waals surface area contributed by atoms with Gasteiger partial charge in [-0.1, -0.05) is 30.3 Å². The smallest absolute Gasteiger partial charge is 0.414 e. The lowest BCUT2D eigenvalue weighted by Gasteiger charge is -2.11. The first-order chi connectivity index (χ1) is 13.8. The Balaban J connectivity index is 0.000000612. The Morgan fingerprint density at radius 1 is 1.03 bits per heavy atom. The lowest BCUT2D eigenvalue weighted by molar-refractivity contribution is -0.385. The van der Waals surface area contributed by atoms with Crippen molar-refractivity contribution >= 4 is 17.6 Å². The highest BCUT2D eigenvalue weighted by molar-refractivity contribution is 6.27. The monoisotopic (exact) mass is 406 g/mol. The molecule has 29 heavy (non-hydrogen) atoms. The predicted molar refractivity (Wildman–Crippen MR) is 103 cm³/mol. The molecule has 0 spiro atoms. The molecular weight excluding hydrogens is 384 g/mol. The Morgan fingerprint density at radius 2 is 1.59 bits per heavy atom. The Kier molecular flexibility index (Phi) is 9.62. The molecule has 0 amide bonds. The fourth-order valence-corrected chi connectivity index (χ4v) is 2.32. The number of carboxylic acids is 2. The summed E-state index contributed by atoms with van der Waals surface area (Å²) in [5.74, 6) is -2.81. The highest BCUT2D eigenvalue weighted by Crippen LogP contribution is 2.34. The number of carbonyl (C=O) groups is 2. The van der Waals surface area contributed by atoms with Crippen molar-refractivity contribution < 1.29 is 34.2 Å². The predicted octanol–water partition coefficient (Wildman–Crippen LogP) is 2.10. The molecule has 0 aliphatic rings. The minimum absolute atomic E-state index is 0.0230. The van der Waals surface area contributed by atoms with E-state index in [1.54, 1.807) is 6.07 Å². The molecule has 0 fully saturated rings. The summed E-state index contributed by atoms with van der Waals surface area (Å²) in [6, 6.07) is 13.1. The number of nitrogens with one attached hydrogen (secondary N) is 1. The molecule has 2 rings (SSSR count). The number of rotatable bonds is 8. The van der Waals surface area contributed by atoms with Crippen molar-refractivity contribution in [2.24, 2.45) is 0 Å². The number of hydrogen-bond donors (Lipinski definition) is 3. The van der Waals surface area contributed by atoms with E-state index in [1.807, 2.05) is 18.2 Å². The van der Waals surface area contributed by atoms with Crippen LogP contribution in [0.2, 0.25) is 0 Å². The van der Waals surface area contributed by atoms with E-state index in [0.29, 0.717) is 23.6 Å². The maximum absolute atomic E-state index is 11.2. The second-order valence-corrected chi connectivity index (χ2v) is 5.62. The molecule has 10 nitrogen and oxygen atoms in total. The molecule has 10 heteroatoms. The average Bonchev–Trinajstić information content (AvgIpc) is 2.71. The van der Waals surface area contributed by atoms with Crippen molar-refractivity contribution in [3.8, 4) is 11.5 Å². The third-order valence-electron chi connectivity index (χ3n) is 3.71. The van der Waals surface area contributed by atoms with Crippen LogP contribution >= 0.6 is 0 Å². The third kappa shape index (κ3) is 7.85. The van der Waals surface area contributed by atoms with Crippen LogP contribution in [0.4, 0.5) is 5.69 Å². The summed E-state index contributed by atoms with van der Waals surface area (Å²) in [6.07, 6.45) is 0.863. The zero-order valence-corrected chi connectivity index (χ0v) is 16.0. The van der Waals surface area contributed by atoms with Crippen LogP contribution in [0.25, 0.3) is 0 Å². The number of ether oxygens (including phenoxy) is 2. The molecule has 0 radical (unpaired) electrons. The Hall–Kier alpha value is -3.66. The van der Waals surface area contributed by atoms with Crippen molar-refractivity contribution in [3.05, 3.63) is 63.7 Å². The summed E-state index contributed by atoms with van der Waals surface area (Å²) in [6.45, 7) is 1.12. The van der Waals surface area contributed by atoms with Crippen LogP contribution in [-0.4, -0.2) is 47.8 Å². The maximum Gasteiger partial charge on any atom is 0.414 e. The van der Waals surface area contributed by atoms with E-state index in [4.69, 9.17) is 29.3 Å². The van der Waals surface area contributed by atoms with Crippen LogP contribution in [0, 0.1) is 10.1 Å². The molecule has 0 saturated carbocycles. The van der Waals surface area contributed by atoms with E-state index in [9.17, 15) is 10.1 Å². The van der Waals surface area contributed by atoms with Gasteiger partial charge in [-0.05, 0) is 24.6 Å². The van der Waals surface area contributed by atoms with E-state index in [2.05, 4.69) is 17.4 Å². The van der Waals surface area contributed by atoms with E-state index in [1.165, 1.54) is 25.8 Å². The molecule has 0 aromatic heterocycles. The summed E-state index contributed by atoms with van der Waals surface area (Å²) < 4.78 is 10.3. The van der Waals surface area contributed by atoms with E-state index >= 15 is 0 Å². The lowest BCUT2D eigenvalue weighted by Crippen LogP contribution is -2.17. The topological polar surface area (TPSA) is 148 Å². The molecule has 2 aromatic rings. The summed E-state index contributed by atoms with van der Waals surface area (Å²) in [7, 11) is 2.97. The maximum atomic E-state index is 11.2. The van der Waals surface area contributed by atoms with Crippen LogP contribution < -0.4 is 14.8 Å². The fraction of sp³-hybridized carbons (Fsp3) is 0.263. The van der Waals surface area contributed by atoms with Crippen molar-refractivity contribution in [1.29, 1.82) is 0 Å². The van der Waals surface area contributed by atoms with Gasteiger partial charge >= 0.3 is 11.9 Å². The van der Waals surface area contributed by atoms with E-state index < -0.39 is 16.9 Å². The first kappa shape index (κ1) is 23.4. The van der Waals surface area contributed by atoms with E-state index in [0.717, 1.165) is 13.0 Å². The number of nitrogens with zero attached hydrogens (tertiary/aromatic N) is 1. The quantitative estimate of drug-likeness (QED) is 0.259. The Bertz CT molecular complexity index is 828. The zero-order valence-electron chi connectivity index (χ0n) is 16.0. The van der Waals surface area contributed by atoms with Crippen LogP contribution in [0.3, 0.4) is 0 Å². The fourth-order valence-electron chi connectivity index (χ4n) is 2.32. The first-order valence-electron chi connectivity index (χ1n) is 8.40. The van der Waals surface area contributed by atoms with Crippen molar-refractivity contribution in [2.45, 2.75) is 13.0 Å². The van der Waals surface area contributed by atoms with Gasteiger partial charge in [0.05, 0.1) is 25.2 Å². The SMILES string of the molecule is COc1cc(CNCCc2ccccc2)c([N+](=O)[O-])cc1OC.O=C(O)C(=O)O. The van der Waals surface area contributed by atoms with Crippen LogP contribution in [0.15, 0.2) is 42.5 Å². The van der Waals surface area contributed by atoms with Gasteiger partial charge < -0.3 is 25.0 Å². The van der Waals surface area contributed by atoms with Crippen LogP contribution in [0.5, 0.6) is 11.5 Å². The summed E-state index contributed by atoms with van der Waals surface area (Å²) >= 11 is 0. The van der Waals surface area contributed by atoms with Gasteiger partial charge in [0, 0.05) is 12.1 Å². The Labute approximate surface area is 166 Å². The summed E-state index contributed by atoms with van der Waals surface area (Å²) in [5, 5.41) is 29.2. The highest BCUT2D eigenvalue weighted by Gasteiger charge is 2.19. The standard InChI is InChI=1S/C17H20N2O4.C2H2O4/c1-22-16-10-14(15(19(20)21)11-17(16)23-2)12-18-9-8-13-6-4-3-5-7-13;3-1(4)2(5)6/h3-7,10-11,18H,8-9,12H2,1-2H3;(H,3,4)(H,5,6). The van der Waals surface area contributed by atoms with Gasteiger partial charge in [-0.25, -0.2) is 9.59 Å². The molecule has 3 N–H and O–H groups in total. The largest absolute Gasteiger partial charge is 0.493 e. The minimum atomic E-state index is -1.82. The number of carboxylic acid groups (broad SMARTS) is 2. The number of nitro benzene ring substituents is 1. The number of methoxy groups -OCH3 is 2. The molecule has 0 aliphatic heterocycles. The molecular formula is C19H22N2O8. The number of benzene rings is 2. The molecule has 0 aliphatic carbocycles. The van der Waals surface area contributed by atoms with E-state index in [-0.39, 0.29) is 5.69 Å². The molecule has 156 valence electrons. The molecule has 2 aromatic carbocycles. The highest BCUT2D eigenvalue weighted by atomic mass is 16.6.